The lowest BCUT2D eigenvalue weighted by molar-refractivity contribution is -0.169. The maximum absolute atomic E-state index is 11.9. The molecule has 18 heavy (non-hydrogen) atoms. The average Bonchev–Trinajstić information content (AvgIpc) is 2.14. The van der Waals surface area contributed by atoms with E-state index < -0.39 is 23.5 Å². The van der Waals surface area contributed by atoms with Gasteiger partial charge in [0.1, 0.15) is 5.60 Å². The van der Waals surface area contributed by atoms with E-state index in [4.69, 9.17) is 9.47 Å². The molecular formula is C13H25NO4. The second-order valence-corrected chi connectivity index (χ2v) is 5.43. The van der Waals surface area contributed by atoms with Crippen LogP contribution in [0.25, 0.3) is 0 Å². The Hall–Kier alpha value is -1.10. The summed E-state index contributed by atoms with van der Waals surface area (Å²) >= 11 is 0. The standard InChI is InChI=1S/C13H25NO4/c1-7-17-11(15)10(8-9-14(5)6)12(16)18-13(2,3)4/h10H,7-9H2,1-6H3. The normalized spacial score (nSPS) is 13.3. The van der Waals surface area contributed by atoms with E-state index >= 15 is 0 Å². The van der Waals surface area contributed by atoms with Crippen molar-refractivity contribution in [1.82, 2.24) is 4.90 Å². The first kappa shape index (κ1) is 16.9. The third-order valence-electron chi connectivity index (χ3n) is 2.13. The number of carbonyl (C=O) groups is 2. The minimum Gasteiger partial charge on any atom is -0.465 e. The molecule has 5 nitrogen and oxygen atoms in total. The van der Waals surface area contributed by atoms with E-state index in [2.05, 4.69) is 0 Å². The second-order valence-electron chi connectivity index (χ2n) is 5.43. The van der Waals surface area contributed by atoms with Crippen LogP contribution in [-0.4, -0.2) is 49.7 Å². The van der Waals surface area contributed by atoms with Crippen LogP contribution in [-0.2, 0) is 19.1 Å². The summed E-state index contributed by atoms with van der Waals surface area (Å²) in [7, 11) is 3.77. The third kappa shape index (κ3) is 7.27. The van der Waals surface area contributed by atoms with Gasteiger partial charge in [-0.3, -0.25) is 9.59 Å². The molecule has 5 heteroatoms. The SMILES string of the molecule is CCOC(=O)C(CCN(C)C)C(=O)OC(C)(C)C. The van der Waals surface area contributed by atoms with E-state index in [1.165, 1.54) is 0 Å². The van der Waals surface area contributed by atoms with Crippen molar-refractivity contribution in [3.63, 3.8) is 0 Å². The maximum atomic E-state index is 11.9. The fourth-order valence-electron chi connectivity index (χ4n) is 1.33. The molecule has 0 aliphatic carbocycles. The number of hydrogen-bond acceptors (Lipinski definition) is 5. The Morgan fingerprint density at radius 2 is 1.72 bits per heavy atom. The zero-order chi connectivity index (χ0) is 14.3. The summed E-state index contributed by atoms with van der Waals surface area (Å²) in [5.41, 5.74) is -0.597. The van der Waals surface area contributed by atoms with Crippen LogP contribution in [0.3, 0.4) is 0 Å². The molecule has 0 aromatic rings. The summed E-state index contributed by atoms with van der Waals surface area (Å²) in [6.07, 6.45) is 0.404. The van der Waals surface area contributed by atoms with Gasteiger partial charge in [-0.25, -0.2) is 0 Å². The molecule has 0 saturated carbocycles. The van der Waals surface area contributed by atoms with Crippen LogP contribution >= 0.6 is 0 Å². The molecule has 0 N–H and O–H groups in total. The van der Waals surface area contributed by atoms with Crippen molar-refractivity contribution in [2.75, 3.05) is 27.2 Å². The summed E-state index contributed by atoms with van der Waals surface area (Å²) in [5, 5.41) is 0. The van der Waals surface area contributed by atoms with E-state index in [0.717, 1.165) is 0 Å². The van der Waals surface area contributed by atoms with Crippen LogP contribution < -0.4 is 0 Å². The molecule has 0 heterocycles. The Morgan fingerprint density at radius 1 is 1.17 bits per heavy atom. The van der Waals surface area contributed by atoms with Gasteiger partial charge < -0.3 is 14.4 Å². The molecule has 0 spiro atoms. The molecule has 0 aromatic carbocycles. The molecule has 1 atom stereocenters. The van der Waals surface area contributed by atoms with Crippen molar-refractivity contribution < 1.29 is 19.1 Å². The molecule has 0 bridgehead atoms. The topological polar surface area (TPSA) is 55.8 Å². The highest BCUT2D eigenvalue weighted by Gasteiger charge is 2.32. The smallest absolute Gasteiger partial charge is 0.320 e. The van der Waals surface area contributed by atoms with Crippen molar-refractivity contribution in [3.8, 4) is 0 Å². The molecule has 0 saturated heterocycles. The summed E-state index contributed by atoms with van der Waals surface area (Å²) < 4.78 is 10.2. The largest absolute Gasteiger partial charge is 0.465 e. The maximum Gasteiger partial charge on any atom is 0.320 e. The van der Waals surface area contributed by atoms with Crippen molar-refractivity contribution >= 4 is 11.9 Å². The Labute approximate surface area is 109 Å². The molecule has 0 rings (SSSR count). The van der Waals surface area contributed by atoms with Gasteiger partial charge in [-0.05, 0) is 54.8 Å². The van der Waals surface area contributed by atoms with Gasteiger partial charge in [0, 0.05) is 0 Å². The van der Waals surface area contributed by atoms with Crippen LogP contribution in [0.1, 0.15) is 34.1 Å². The number of rotatable bonds is 6. The average molecular weight is 259 g/mol. The first-order chi connectivity index (χ1) is 8.17. The Kier molecular flexibility index (Phi) is 6.91. The Bertz CT molecular complexity index is 281. The Balaban J connectivity index is 4.64. The summed E-state index contributed by atoms with van der Waals surface area (Å²) in [4.78, 5) is 25.6. The number of hydrogen-bond donors (Lipinski definition) is 0. The number of esters is 2. The quantitative estimate of drug-likeness (QED) is 0.534. The van der Waals surface area contributed by atoms with Gasteiger partial charge in [0.2, 0.25) is 0 Å². The van der Waals surface area contributed by atoms with Crippen molar-refractivity contribution in [3.05, 3.63) is 0 Å². The van der Waals surface area contributed by atoms with E-state index in [0.29, 0.717) is 13.0 Å². The molecule has 0 amide bonds. The van der Waals surface area contributed by atoms with Crippen molar-refractivity contribution in [2.45, 2.75) is 39.7 Å². The fourth-order valence-corrected chi connectivity index (χ4v) is 1.33. The molecule has 1 unspecified atom stereocenters. The summed E-state index contributed by atoms with van der Waals surface area (Å²) in [5.74, 6) is -1.86. The van der Waals surface area contributed by atoms with Crippen LogP contribution in [0.5, 0.6) is 0 Å². The fraction of sp³-hybridized carbons (Fsp3) is 0.846. The molecule has 0 radical (unpaired) electrons. The van der Waals surface area contributed by atoms with Gasteiger partial charge in [0.25, 0.3) is 0 Å². The lowest BCUT2D eigenvalue weighted by atomic mass is 10.1. The molecule has 0 aromatic heterocycles. The van der Waals surface area contributed by atoms with Gasteiger partial charge in [-0.2, -0.15) is 0 Å². The van der Waals surface area contributed by atoms with Gasteiger partial charge in [0.05, 0.1) is 6.61 Å². The Morgan fingerprint density at radius 3 is 2.11 bits per heavy atom. The first-order valence-corrected chi connectivity index (χ1v) is 6.21. The third-order valence-corrected chi connectivity index (χ3v) is 2.13. The van der Waals surface area contributed by atoms with Crippen LogP contribution in [0, 0.1) is 5.92 Å². The molecule has 0 aliphatic rings. The summed E-state index contributed by atoms with van der Waals surface area (Å²) in [6, 6.07) is 0. The second kappa shape index (κ2) is 7.36. The first-order valence-electron chi connectivity index (χ1n) is 6.21. The minimum absolute atomic E-state index is 0.264. The highest BCUT2D eigenvalue weighted by molar-refractivity contribution is 5.95. The lowest BCUT2D eigenvalue weighted by Gasteiger charge is -2.23. The molecule has 0 fully saturated rings. The van der Waals surface area contributed by atoms with Crippen LogP contribution in [0.4, 0.5) is 0 Å². The molecular weight excluding hydrogens is 234 g/mol. The number of ether oxygens (including phenoxy) is 2. The molecule has 106 valence electrons. The predicted octanol–water partition coefficient (Wildman–Crippen LogP) is 1.46. The highest BCUT2D eigenvalue weighted by Crippen LogP contribution is 2.15. The van der Waals surface area contributed by atoms with E-state index in [-0.39, 0.29) is 6.61 Å². The predicted molar refractivity (Wildman–Crippen MR) is 69.1 cm³/mol. The van der Waals surface area contributed by atoms with E-state index in [1.54, 1.807) is 27.7 Å². The zero-order valence-electron chi connectivity index (χ0n) is 12.3. The van der Waals surface area contributed by atoms with Crippen LogP contribution in [0.2, 0.25) is 0 Å². The van der Waals surface area contributed by atoms with Gasteiger partial charge >= 0.3 is 11.9 Å². The minimum atomic E-state index is -0.841. The number of nitrogens with zero attached hydrogens (tertiary/aromatic N) is 1. The van der Waals surface area contributed by atoms with Crippen LogP contribution in [0.15, 0.2) is 0 Å². The zero-order valence-corrected chi connectivity index (χ0v) is 12.3. The van der Waals surface area contributed by atoms with E-state index in [1.807, 2.05) is 19.0 Å². The van der Waals surface area contributed by atoms with Gasteiger partial charge in [-0.1, -0.05) is 0 Å². The number of carbonyl (C=O) groups excluding carboxylic acids is 2. The monoisotopic (exact) mass is 259 g/mol. The van der Waals surface area contributed by atoms with Crippen molar-refractivity contribution in [2.24, 2.45) is 5.92 Å². The van der Waals surface area contributed by atoms with Gasteiger partial charge in [-0.15, -0.1) is 0 Å². The van der Waals surface area contributed by atoms with E-state index in [9.17, 15) is 9.59 Å². The molecule has 0 aliphatic heterocycles. The summed E-state index contributed by atoms with van der Waals surface area (Å²) in [6.45, 7) is 7.94. The van der Waals surface area contributed by atoms with Crippen molar-refractivity contribution in [1.29, 1.82) is 0 Å². The van der Waals surface area contributed by atoms with Gasteiger partial charge in [0.15, 0.2) is 5.92 Å². The lowest BCUT2D eigenvalue weighted by Crippen LogP contribution is -2.35. The highest BCUT2D eigenvalue weighted by atomic mass is 16.6.